The molecule has 1 amide bonds. The zero-order chi connectivity index (χ0) is 14.5. The highest BCUT2D eigenvalue weighted by Crippen LogP contribution is 2.14. The standard InChI is InChI=1S/C13H13ClN4O2/c1-8-6-11(14)15-16-12(8)17-18-13(19)9-4-3-5-10(7-9)20-2/h3-7H,1-2H3,(H,16,17)(H,18,19). The Hall–Kier alpha value is -2.34. The minimum atomic E-state index is -0.306. The van der Waals surface area contributed by atoms with Gasteiger partial charge in [0.2, 0.25) is 0 Å². The zero-order valence-corrected chi connectivity index (χ0v) is 11.7. The summed E-state index contributed by atoms with van der Waals surface area (Å²) in [6.07, 6.45) is 0. The number of halogens is 1. The van der Waals surface area contributed by atoms with E-state index in [4.69, 9.17) is 16.3 Å². The molecule has 104 valence electrons. The first kappa shape index (κ1) is 14.1. The Morgan fingerprint density at radius 2 is 2.10 bits per heavy atom. The van der Waals surface area contributed by atoms with Crippen LogP contribution in [-0.2, 0) is 0 Å². The molecule has 0 atom stereocenters. The number of nitrogens with zero attached hydrogens (tertiary/aromatic N) is 2. The molecule has 2 aromatic rings. The van der Waals surface area contributed by atoms with Gasteiger partial charge >= 0.3 is 0 Å². The lowest BCUT2D eigenvalue weighted by Crippen LogP contribution is -2.30. The number of ether oxygens (including phenoxy) is 1. The molecule has 20 heavy (non-hydrogen) atoms. The smallest absolute Gasteiger partial charge is 0.269 e. The van der Waals surface area contributed by atoms with Gasteiger partial charge in [-0.2, -0.15) is 0 Å². The summed E-state index contributed by atoms with van der Waals surface area (Å²) in [6.45, 7) is 1.81. The van der Waals surface area contributed by atoms with Gasteiger partial charge in [-0.05, 0) is 36.8 Å². The van der Waals surface area contributed by atoms with Crippen LogP contribution in [0.4, 0.5) is 5.82 Å². The third kappa shape index (κ3) is 3.36. The Kier molecular flexibility index (Phi) is 4.37. The summed E-state index contributed by atoms with van der Waals surface area (Å²) in [6, 6.07) is 8.46. The average Bonchev–Trinajstić information content (AvgIpc) is 2.46. The van der Waals surface area contributed by atoms with E-state index in [9.17, 15) is 4.79 Å². The molecule has 0 saturated carbocycles. The van der Waals surface area contributed by atoms with Gasteiger partial charge in [0.15, 0.2) is 11.0 Å². The molecule has 6 nitrogen and oxygen atoms in total. The van der Waals surface area contributed by atoms with Crippen molar-refractivity contribution in [1.82, 2.24) is 15.6 Å². The number of nitrogens with one attached hydrogen (secondary N) is 2. The van der Waals surface area contributed by atoms with Crippen molar-refractivity contribution < 1.29 is 9.53 Å². The van der Waals surface area contributed by atoms with Crippen molar-refractivity contribution in [2.75, 3.05) is 12.5 Å². The number of amides is 1. The Bertz CT molecular complexity index is 634. The van der Waals surface area contributed by atoms with Crippen LogP contribution in [-0.4, -0.2) is 23.2 Å². The first-order valence-corrected chi connectivity index (χ1v) is 6.18. The van der Waals surface area contributed by atoms with Crippen LogP contribution < -0.4 is 15.6 Å². The second kappa shape index (κ2) is 6.21. The molecule has 0 aliphatic carbocycles. The topological polar surface area (TPSA) is 76.1 Å². The van der Waals surface area contributed by atoms with Crippen molar-refractivity contribution in [3.05, 3.63) is 46.6 Å². The van der Waals surface area contributed by atoms with E-state index in [1.165, 1.54) is 0 Å². The number of rotatable bonds is 4. The summed E-state index contributed by atoms with van der Waals surface area (Å²) >= 11 is 5.71. The number of benzene rings is 1. The number of hydrogen-bond acceptors (Lipinski definition) is 5. The number of methoxy groups -OCH3 is 1. The average molecular weight is 293 g/mol. The molecule has 0 bridgehead atoms. The van der Waals surface area contributed by atoms with Crippen LogP contribution in [0.15, 0.2) is 30.3 Å². The summed E-state index contributed by atoms with van der Waals surface area (Å²) in [4.78, 5) is 12.0. The normalized spacial score (nSPS) is 9.95. The predicted molar refractivity (Wildman–Crippen MR) is 75.9 cm³/mol. The Morgan fingerprint density at radius 1 is 1.30 bits per heavy atom. The largest absolute Gasteiger partial charge is 0.497 e. The van der Waals surface area contributed by atoms with Crippen LogP contribution in [0.25, 0.3) is 0 Å². The number of aryl methyl sites for hydroxylation is 1. The highest BCUT2D eigenvalue weighted by atomic mass is 35.5. The lowest BCUT2D eigenvalue weighted by atomic mass is 10.2. The number of anilines is 1. The molecule has 0 radical (unpaired) electrons. The maximum absolute atomic E-state index is 12.0. The van der Waals surface area contributed by atoms with E-state index in [0.717, 1.165) is 5.56 Å². The first-order valence-electron chi connectivity index (χ1n) is 5.80. The van der Waals surface area contributed by atoms with E-state index >= 15 is 0 Å². The Labute approximate surface area is 121 Å². The molecule has 2 rings (SSSR count). The monoisotopic (exact) mass is 292 g/mol. The fourth-order valence-electron chi connectivity index (χ4n) is 1.53. The lowest BCUT2D eigenvalue weighted by molar-refractivity contribution is 0.0962. The first-order chi connectivity index (χ1) is 9.60. The summed E-state index contributed by atoms with van der Waals surface area (Å²) in [5.74, 6) is 0.741. The van der Waals surface area contributed by atoms with Crippen LogP contribution in [0.5, 0.6) is 5.75 Å². The molecule has 1 aromatic heterocycles. The number of carbonyl (C=O) groups excluding carboxylic acids is 1. The molecule has 1 heterocycles. The SMILES string of the molecule is COc1cccc(C(=O)NNc2nnc(Cl)cc2C)c1. The lowest BCUT2D eigenvalue weighted by Gasteiger charge is -2.10. The van der Waals surface area contributed by atoms with Gasteiger partial charge in [-0.25, -0.2) is 0 Å². The van der Waals surface area contributed by atoms with Gasteiger partial charge in [0.25, 0.3) is 5.91 Å². The fourth-order valence-corrected chi connectivity index (χ4v) is 1.73. The van der Waals surface area contributed by atoms with Crippen molar-refractivity contribution in [2.24, 2.45) is 0 Å². The van der Waals surface area contributed by atoms with E-state index in [1.54, 1.807) is 44.4 Å². The number of hydrazine groups is 1. The summed E-state index contributed by atoms with van der Waals surface area (Å²) in [5.41, 5.74) is 6.48. The minimum absolute atomic E-state index is 0.298. The molecular weight excluding hydrogens is 280 g/mol. The van der Waals surface area contributed by atoms with Gasteiger partial charge in [-0.15, -0.1) is 10.2 Å². The van der Waals surface area contributed by atoms with E-state index in [2.05, 4.69) is 21.0 Å². The van der Waals surface area contributed by atoms with E-state index in [0.29, 0.717) is 22.3 Å². The quantitative estimate of drug-likeness (QED) is 0.845. The molecule has 0 aliphatic heterocycles. The second-order valence-corrected chi connectivity index (χ2v) is 4.40. The Balaban J connectivity index is 2.04. The zero-order valence-electron chi connectivity index (χ0n) is 11.0. The van der Waals surface area contributed by atoms with Crippen LogP contribution in [0.2, 0.25) is 5.15 Å². The van der Waals surface area contributed by atoms with E-state index in [-0.39, 0.29) is 5.91 Å². The van der Waals surface area contributed by atoms with Crippen molar-refractivity contribution in [2.45, 2.75) is 6.92 Å². The summed E-state index contributed by atoms with van der Waals surface area (Å²) in [5, 5.41) is 7.84. The summed E-state index contributed by atoms with van der Waals surface area (Å²) in [7, 11) is 1.54. The maximum Gasteiger partial charge on any atom is 0.269 e. The molecule has 2 N–H and O–H groups in total. The van der Waals surface area contributed by atoms with Crippen LogP contribution in [0.1, 0.15) is 15.9 Å². The van der Waals surface area contributed by atoms with Gasteiger partial charge in [-0.3, -0.25) is 15.6 Å². The van der Waals surface area contributed by atoms with Crippen LogP contribution in [0, 0.1) is 6.92 Å². The van der Waals surface area contributed by atoms with Gasteiger partial charge in [0, 0.05) is 5.56 Å². The van der Waals surface area contributed by atoms with Crippen molar-refractivity contribution in [3.63, 3.8) is 0 Å². The molecule has 1 aromatic carbocycles. The molecule has 7 heteroatoms. The number of aromatic nitrogens is 2. The summed E-state index contributed by atoms with van der Waals surface area (Å²) < 4.78 is 5.06. The maximum atomic E-state index is 12.0. The number of carbonyl (C=O) groups is 1. The highest BCUT2D eigenvalue weighted by molar-refractivity contribution is 6.29. The molecular formula is C13H13ClN4O2. The highest BCUT2D eigenvalue weighted by Gasteiger charge is 2.08. The van der Waals surface area contributed by atoms with Gasteiger partial charge in [0.05, 0.1) is 7.11 Å². The third-order valence-electron chi connectivity index (χ3n) is 2.58. The van der Waals surface area contributed by atoms with Gasteiger partial charge in [0.1, 0.15) is 5.75 Å². The molecule has 0 saturated heterocycles. The second-order valence-electron chi connectivity index (χ2n) is 4.01. The molecule has 0 unspecified atom stereocenters. The van der Waals surface area contributed by atoms with E-state index < -0.39 is 0 Å². The minimum Gasteiger partial charge on any atom is -0.497 e. The Morgan fingerprint density at radius 3 is 2.80 bits per heavy atom. The number of hydrogen-bond donors (Lipinski definition) is 2. The molecule has 0 spiro atoms. The molecule has 0 aliphatic rings. The fraction of sp³-hybridized carbons (Fsp3) is 0.154. The van der Waals surface area contributed by atoms with Gasteiger partial charge < -0.3 is 4.74 Å². The molecule has 0 fully saturated rings. The van der Waals surface area contributed by atoms with Crippen LogP contribution >= 0.6 is 11.6 Å². The van der Waals surface area contributed by atoms with Crippen molar-refractivity contribution in [3.8, 4) is 5.75 Å². The third-order valence-corrected chi connectivity index (χ3v) is 2.77. The van der Waals surface area contributed by atoms with Crippen LogP contribution in [0.3, 0.4) is 0 Å². The predicted octanol–water partition coefficient (Wildman–Crippen LogP) is 2.20. The van der Waals surface area contributed by atoms with Crippen molar-refractivity contribution >= 4 is 23.3 Å². The van der Waals surface area contributed by atoms with E-state index in [1.807, 2.05) is 0 Å². The van der Waals surface area contributed by atoms with Gasteiger partial charge in [-0.1, -0.05) is 17.7 Å². The van der Waals surface area contributed by atoms with Crippen molar-refractivity contribution in [1.29, 1.82) is 0 Å².